The Morgan fingerprint density at radius 1 is 1.17 bits per heavy atom. The third-order valence-corrected chi connectivity index (χ3v) is 7.74. The smallest absolute Gasteiger partial charge is 0.338 e. The first-order valence-corrected chi connectivity index (χ1v) is 11.8. The van der Waals surface area contributed by atoms with Crippen LogP contribution in [-0.2, 0) is 32.1 Å². The number of sulfone groups is 1. The Balaban J connectivity index is 1.44. The predicted octanol–water partition coefficient (Wildman–Crippen LogP) is 2.23. The molecule has 1 aliphatic carbocycles. The van der Waals surface area contributed by atoms with Crippen LogP contribution in [-0.4, -0.2) is 60.2 Å². The molecule has 30 heavy (non-hydrogen) atoms. The van der Waals surface area contributed by atoms with E-state index < -0.39 is 27.5 Å². The Morgan fingerprint density at radius 3 is 2.50 bits per heavy atom. The summed E-state index contributed by atoms with van der Waals surface area (Å²) in [6.45, 7) is 0.143. The molecule has 2 saturated heterocycles. The maximum absolute atomic E-state index is 13.2. The van der Waals surface area contributed by atoms with Crippen molar-refractivity contribution in [2.45, 2.75) is 50.5 Å². The minimum atomic E-state index is -4.46. The van der Waals surface area contributed by atoms with Crippen LogP contribution in [0.4, 0.5) is 13.2 Å². The molecule has 10 heteroatoms. The molecule has 1 saturated carbocycles. The first-order valence-electron chi connectivity index (χ1n) is 10.00. The molecule has 3 fully saturated rings. The highest BCUT2D eigenvalue weighted by molar-refractivity contribution is 7.91. The van der Waals surface area contributed by atoms with Crippen LogP contribution in [0.3, 0.4) is 0 Å². The fourth-order valence-electron chi connectivity index (χ4n) is 4.37. The van der Waals surface area contributed by atoms with Gasteiger partial charge in [0.2, 0.25) is 11.8 Å². The lowest BCUT2D eigenvalue weighted by atomic mass is 10.0. The van der Waals surface area contributed by atoms with Crippen LogP contribution < -0.4 is 0 Å². The molecule has 0 bridgehead atoms. The lowest BCUT2D eigenvalue weighted by molar-refractivity contribution is -0.138. The third kappa shape index (κ3) is 4.48. The highest BCUT2D eigenvalue weighted by Crippen LogP contribution is 2.35. The number of halogens is 3. The van der Waals surface area contributed by atoms with E-state index in [2.05, 4.69) is 0 Å². The van der Waals surface area contributed by atoms with Crippen molar-refractivity contribution in [3.63, 3.8) is 0 Å². The van der Waals surface area contributed by atoms with Gasteiger partial charge in [0.1, 0.15) is 0 Å². The first-order chi connectivity index (χ1) is 14.0. The molecule has 164 valence electrons. The molecule has 2 atom stereocenters. The number of likely N-dealkylation sites (tertiary alicyclic amines) is 1. The van der Waals surface area contributed by atoms with Crippen molar-refractivity contribution in [3.05, 3.63) is 35.4 Å². The summed E-state index contributed by atoms with van der Waals surface area (Å²) in [6.07, 6.45) is -2.39. The second kappa shape index (κ2) is 7.55. The number of hydrogen-bond donors (Lipinski definition) is 0. The number of hydrogen-bond acceptors (Lipinski definition) is 4. The summed E-state index contributed by atoms with van der Waals surface area (Å²) >= 11 is 0. The largest absolute Gasteiger partial charge is 0.416 e. The highest BCUT2D eigenvalue weighted by Gasteiger charge is 2.46. The molecule has 0 radical (unpaired) electrons. The van der Waals surface area contributed by atoms with Crippen molar-refractivity contribution in [1.29, 1.82) is 0 Å². The molecule has 2 unspecified atom stereocenters. The maximum atomic E-state index is 13.2. The quantitative estimate of drug-likeness (QED) is 0.698. The van der Waals surface area contributed by atoms with Gasteiger partial charge in [0, 0.05) is 31.6 Å². The van der Waals surface area contributed by atoms with E-state index in [4.69, 9.17) is 0 Å². The summed E-state index contributed by atoms with van der Waals surface area (Å²) in [5.74, 6) is -1.05. The lowest BCUT2D eigenvalue weighted by Crippen LogP contribution is -2.46. The van der Waals surface area contributed by atoms with Crippen LogP contribution in [0.5, 0.6) is 0 Å². The molecular formula is C20H23F3N2O4S. The van der Waals surface area contributed by atoms with Crippen molar-refractivity contribution in [2.24, 2.45) is 5.92 Å². The predicted molar refractivity (Wildman–Crippen MR) is 102 cm³/mol. The number of nitrogens with zero attached hydrogens (tertiary/aromatic N) is 2. The summed E-state index contributed by atoms with van der Waals surface area (Å²) in [6, 6.07) is 4.51. The normalized spacial score (nSPS) is 26.2. The van der Waals surface area contributed by atoms with Gasteiger partial charge in [-0.2, -0.15) is 13.2 Å². The Hall–Kier alpha value is -2.10. The zero-order valence-electron chi connectivity index (χ0n) is 16.3. The fraction of sp³-hybridized carbons (Fsp3) is 0.600. The van der Waals surface area contributed by atoms with E-state index in [9.17, 15) is 31.2 Å². The summed E-state index contributed by atoms with van der Waals surface area (Å²) < 4.78 is 62.5. The van der Waals surface area contributed by atoms with E-state index in [0.717, 1.165) is 25.0 Å². The van der Waals surface area contributed by atoms with Gasteiger partial charge >= 0.3 is 6.18 Å². The van der Waals surface area contributed by atoms with E-state index >= 15 is 0 Å². The van der Waals surface area contributed by atoms with Crippen molar-refractivity contribution >= 4 is 21.7 Å². The molecule has 2 aliphatic heterocycles. The summed E-state index contributed by atoms with van der Waals surface area (Å²) in [7, 11) is -3.14. The second-order valence-corrected chi connectivity index (χ2v) is 10.6. The van der Waals surface area contributed by atoms with E-state index in [0.29, 0.717) is 12.0 Å². The van der Waals surface area contributed by atoms with Crippen molar-refractivity contribution in [3.8, 4) is 0 Å². The van der Waals surface area contributed by atoms with Crippen LogP contribution in [0.1, 0.15) is 36.8 Å². The minimum absolute atomic E-state index is 0.000481. The number of carbonyl (C=O) groups is 2. The van der Waals surface area contributed by atoms with Crippen LogP contribution in [0.2, 0.25) is 0 Å². The molecule has 0 aromatic heterocycles. The molecule has 0 N–H and O–H groups in total. The van der Waals surface area contributed by atoms with Gasteiger partial charge in [-0.15, -0.1) is 0 Å². The van der Waals surface area contributed by atoms with Crippen LogP contribution in [0.15, 0.2) is 24.3 Å². The number of carbonyl (C=O) groups excluding carboxylic acids is 2. The van der Waals surface area contributed by atoms with Gasteiger partial charge in [0.05, 0.1) is 23.0 Å². The summed E-state index contributed by atoms with van der Waals surface area (Å²) in [4.78, 5) is 28.7. The topological polar surface area (TPSA) is 74.8 Å². The van der Waals surface area contributed by atoms with Crippen LogP contribution >= 0.6 is 0 Å². The van der Waals surface area contributed by atoms with E-state index in [-0.39, 0.29) is 54.9 Å². The monoisotopic (exact) mass is 444 g/mol. The summed E-state index contributed by atoms with van der Waals surface area (Å²) in [5, 5.41) is 0. The average Bonchev–Trinajstić information content (AvgIpc) is 3.33. The number of benzene rings is 1. The van der Waals surface area contributed by atoms with E-state index in [1.807, 2.05) is 0 Å². The van der Waals surface area contributed by atoms with Gasteiger partial charge in [-0.05, 0) is 37.0 Å². The maximum Gasteiger partial charge on any atom is 0.416 e. The first kappa shape index (κ1) is 21.1. The van der Waals surface area contributed by atoms with Gasteiger partial charge in [0.15, 0.2) is 9.84 Å². The Bertz CT molecular complexity index is 959. The average molecular weight is 444 g/mol. The molecule has 4 rings (SSSR count). The zero-order chi connectivity index (χ0) is 21.7. The SMILES string of the molecule is O=C1CC(C(=O)N(C2CC2)C2CCS(=O)(=O)C2)CN1Cc1cccc(C(F)(F)F)c1. The number of rotatable bonds is 5. The van der Waals surface area contributed by atoms with Gasteiger partial charge in [-0.25, -0.2) is 8.42 Å². The zero-order valence-corrected chi connectivity index (χ0v) is 17.1. The summed E-state index contributed by atoms with van der Waals surface area (Å²) in [5.41, 5.74) is -0.422. The number of amides is 2. The van der Waals surface area contributed by atoms with Gasteiger partial charge in [-0.1, -0.05) is 12.1 Å². The third-order valence-electron chi connectivity index (χ3n) is 5.99. The lowest BCUT2D eigenvalue weighted by Gasteiger charge is -2.30. The molecule has 2 amide bonds. The van der Waals surface area contributed by atoms with Gasteiger partial charge < -0.3 is 9.80 Å². The van der Waals surface area contributed by atoms with Crippen molar-refractivity contribution in [2.75, 3.05) is 18.1 Å². The van der Waals surface area contributed by atoms with Crippen molar-refractivity contribution in [1.82, 2.24) is 9.80 Å². The molecule has 1 aromatic carbocycles. The molecule has 0 spiro atoms. The molecule has 3 aliphatic rings. The Kier molecular flexibility index (Phi) is 5.32. The standard InChI is InChI=1S/C20H23F3N2O4S/c21-20(22,23)15-3-1-2-13(8-15)10-24-11-14(9-18(24)26)19(27)25(16-4-5-16)17-6-7-30(28,29)12-17/h1-3,8,14,16-17H,4-7,9-12H2. The van der Waals surface area contributed by atoms with E-state index in [1.54, 1.807) is 4.90 Å². The molecule has 2 heterocycles. The van der Waals surface area contributed by atoms with E-state index in [1.165, 1.54) is 17.0 Å². The highest BCUT2D eigenvalue weighted by atomic mass is 32.2. The van der Waals surface area contributed by atoms with Crippen LogP contribution in [0, 0.1) is 5.92 Å². The van der Waals surface area contributed by atoms with Crippen LogP contribution in [0.25, 0.3) is 0 Å². The minimum Gasteiger partial charge on any atom is -0.338 e. The van der Waals surface area contributed by atoms with Gasteiger partial charge in [0.25, 0.3) is 0 Å². The second-order valence-electron chi connectivity index (χ2n) is 8.41. The molecule has 1 aromatic rings. The molecular weight excluding hydrogens is 421 g/mol. The number of alkyl halides is 3. The fourth-order valence-corrected chi connectivity index (χ4v) is 6.08. The Morgan fingerprint density at radius 2 is 1.90 bits per heavy atom. The Labute approximate surface area is 172 Å². The molecule has 6 nitrogen and oxygen atoms in total. The van der Waals surface area contributed by atoms with Crippen molar-refractivity contribution < 1.29 is 31.2 Å². The van der Waals surface area contributed by atoms with Gasteiger partial charge in [-0.3, -0.25) is 9.59 Å².